The van der Waals surface area contributed by atoms with Crippen molar-refractivity contribution < 1.29 is 9.52 Å². The first kappa shape index (κ1) is 12.2. The fourth-order valence-corrected chi connectivity index (χ4v) is 1.88. The van der Waals surface area contributed by atoms with Crippen LogP contribution < -0.4 is 5.32 Å². The first-order valence-corrected chi connectivity index (χ1v) is 6.19. The predicted octanol–water partition coefficient (Wildman–Crippen LogP) is 3.05. The average Bonchev–Trinajstić information content (AvgIpc) is 3.00. The summed E-state index contributed by atoms with van der Waals surface area (Å²) in [5, 5.41) is 12.5. The van der Waals surface area contributed by atoms with Gasteiger partial charge in [-0.3, -0.25) is 4.98 Å². The van der Waals surface area contributed by atoms with E-state index in [1.54, 1.807) is 42.9 Å². The Balaban J connectivity index is 1.86. The molecule has 1 aromatic carbocycles. The molecule has 0 atom stereocenters. The molecule has 0 spiro atoms. The molecule has 0 radical (unpaired) electrons. The number of aromatic hydroxyl groups is 1. The summed E-state index contributed by atoms with van der Waals surface area (Å²) in [7, 11) is 0. The van der Waals surface area contributed by atoms with E-state index in [1.165, 1.54) is 0 Å². The molecule has 0 fully saturated rings. The van der Waals surface area contributed by atoms with Gasteiger partial charge >= 0.3 is 0 Å². The summed E-state index contributed by atoms with van der Waals surface area (Å²) in [6.45, 7) is 0.538. The number of hydrogen-bond donors (Lipinski definition) is 2. The van der Waals surface area contributed by atoms with Gasteiger partial charge in [0.25, 0.3) is 0 Å². The topological polar surface area (TPSA) is 71.2 Å². The minimum absolute atomic E-state index is 0.225. The van der Waals surface area contributed by atoms with Crippen LogP contribution in [-0.4, -0.2) is 15.1 Å². The highest BCUT2D eigenvalue weighted by Crippen LogP contribution is 2.25. The molecule has 0 unspecified atom stereocenters. The normalized spacial score (nSPS) is 10.4. The van der Waals surface area contributed by atoms with Crippen molar-refractivity contribution in [3.63, 3.8) is 0 Å². The molecule has 3 aromatic rings. The highest BCUT2D eigenvalue weighted by Gasteiger charge is 2.08. The maximum atomic E-state index is 9.34. The van der Waals surface area contributed by atoms with Gasteiger partial charge in [-0.15, -0.1) is 0 Å². The summed E-state index contributed by atoms with van der Waals surface area (Å²) in [6.07, 6.45) is 4.91. The Morgan fingerprint density at radius 1 is 1.05 bits per heavy atom. The van der Waals surface area contributed by atoms with Gasteiger partial charge < -0.3 is 14.8 Å². The fraction of sp³-hybridized carbons (Fsp3) is 0.0667. The summed E-state index contributed by atoms with van der Waals surface area (Å²) in [5.41, 5.74) is 1.62. The van der Waals surface area contributed by atoms with Crippen molar-refractivity contribution in [1.82, 2.24) is 9.97 Å². The molecule has 0 saturated heterocycles. The number of hydrogen-bond acceptors (Lipinski definition) is 5. The third kappa shape index (κ3) is 2.61. The van der Waals surface area contributed by atoms with Crippen LogP contribution in [0.1, 0.15) is 5.76 Å². The van der Waals surface area contributed by atoms with Crippen molar-refractivity contribution in [3.8, 4) is 17.0 Å². The molecule has 0 amide bonds. The SMILES string of the molecule is Oc1ccc(-c2nccnc2NCc2ccco2)cc1. The number of benzene rings is 1. The number of aromatic nitrogens is 2. The van der Waals surface area contributed by atoms with Crippen LogP contribution >= 0.6 is 0 Å². The molecule has 0 saturated carbocycles. The number of phenolic OH excluding ortho intramolecular Hbond substituents is 1. The second-order valence-electron chi connectivity index (χ2n) is 4.23. The fourth-order valence-electron chi connectivity index (χ4n) is 1.88. The second kappa shape index (κ2) is 5.44. The van der Waals surface area contributed by atoms with Gasteiger partial charge in [-0.25, -0.2) is 4.98 Å². The zero-order valence-electron chi connectivity index (χ0n) is 10.7. The smallest absolute Gasteiger partial charge is 0.152 e. The highest BCUT2D eigenvalue weighted by atomic mass is 16.3. The molecule has 100 valence electrons. The summed E-state index contributed by atoms with van der Waals surface area (Å²) >= 11 is 0. The lowest BCUT2D eigenvalue weighted by Crippen LogP contribution is -2.03. The summed E-state index contributed by atoms with van der Waals surface area (Å²) < 4.78 is 5.27. The number of furan rings is 1. The highest BCUT2D eigenvalue weighted by molar-refractivity contribution is 5.71. The Hall–Kier alpha value is -2.82. The molecular formula is C15H13N3O2. The molecule has 2 N–H and O–H groups in total. The van der Waals surface area contributed by atoms with Crippen LogP contribution in [0.25, 0.3) is 11.3 Å². The van der Waals surface area contributed by atoms with Crippen molar-refractivity contribution in [2.45, 2.75) is 6.54 Å². The minimum atomic E-state index is 0.225. The van der Waals surface area contributed by atoms with E-state index in [9.17, 15) is 5.11 Å². The van der Waals surface area contributed by atoms with E-state index in [0.29, 0.717) is 12.4 Å². The molecule has 5 heteroatoms. The lowest BCUT2D eigenvalue weighted by atomic mass is 10.1. The van der Waals surface area contributed by atoms with E-state index in [2.05, 4.69) is 15.3 Å². The molecule has 3 rings (SSSR count). The Morgan fingerprint density at radius 2 is 1.85 bits per heavy atom. The van der Waals surface area contributed by atoms with Crippen molar-refractivity contribution >= 4 is 5.82 Å². The van der Waals surface area contributed by atoms with Gasteiger partial charge in [0, 0.05) is 18.0 Å². The molecule has 0 bridgehead atoms. The average molecular weight is 267 g/mol. The third-order valence-corrected chi connectivity index (χ3v) is 2.85. The Kier molecular flexibility index (Phi) is 3.33. The molecule has 2 heterocycles. The van der Waals surface area contributed by atoms with Crippen LogP contribution in [0.3, 0.4) is 0 Å². The Bertz CT molecular complexity index is 679. The van der Waals surface area contributed by atoms with Gasteiger partial charge in [-0.05, 0) is 36.4 Å². The summed E-state index contributed by atoms with van der Waals surface area (Å²) in [5.74, 6) is 1.73. The van der Waals surface area contributed by atoms with Gasteiger partial charge in [-0.2, -0.15) is 0 Å². The minimum Gasteiger partial charge on any atom is -0.508 e. The predicted molar refractivity (Wildman–Crippen MR) is 75.2 cm³/mol. The lowest BCUT2D eigenvalue weighted by molar-refractivity contribution is 0.475. The van der Waals surface area contributed by atoms with E-state index < -0.39 is 0 Å². The number of nitrogens with zero attached hydrogens (tertiary/aromatic N) is 2. The van der Waals surface area contributed by atoms with Crippen LogP contribution in [0.2, 0.25) is 0 Å². The van der Waals surface area contributed by atoms with Gasteiger partial charge in [-0.1, -0.05) is 0 Å². The maximum Gasteiger partial charge on any atom is 0.152 e. The van der Waals surface area contributed by atoms with Gasteiger partial charge in [0.15, 0.2) is 5.82 Å². The van der Waals surface area contributed by atoms with Crippen molar-refractivity contribution in [2.75, 3.05) is 5.32 Å². The van der Waals surface area contributed by atoms with Crippen LogP contribution in [0.15, 0.2) is 59.5 Å². The van der Waals surface area contributed by atoms with Crippen LogP contribution in [0, 0.1) is 0 Å². The number of phenols is 1. The van der Waals surface area contributed by atoms with Crippen molar-refractivity contribution in [2.24, 2.45) is 0 Å². The van der Waals surface area contributed by atoms with Crippen molar-refractivity contribution in [1.29, 1.82) is 0 Å². The largest absolute Gasteiger partial charge is 0.508 e. The van der Waals surface area contributed by atoms with Gasteiger partial charge in [0.1, 0.15) is 17.2 Å². The number of rotatable bonds is 4. The zero-order valence-corrected chi connectivity index (χ0v) is 10.7. The molecule has 0 aliphatic rings. The van der Waals surface area contributed by atoms with E-state index >= 15 is 0 Å². The van der Waals surface area contributed by atoms with Crippen molar-refractivity contribution in [3.05, 3.63) is 60.8 Å². The number of nitrogens with one attached hydrogen (secondary N) is 1. The summed E-state index contributed by atoms with van der Waals surface area (Å²) in [6, 6.07) is 10.6. The molecule has 0 aliphatic carbocycles. The first-order chi connectivity index (χ1) is 9.83. The monoisotopic (exact) mass is 267 g/mol. The molecule has 20 heavy (non-hydrogen) atoms. The molecular weight excluding hydrogens is 254 g/mol. The standard InChI is InChI=1S/C15H13N3O2/c19-12-5-3-11(4-6-12)14-15(17-8-7-16-14)18-10-13-2-1-9-20-13/h1-9,19H,10H2,(H,17,18). The Morgan fingerprint density at radius 3 is 2.60 bits per heavy atom. The van der Waals surface area contributed by atoms with Gasteiger partial charge in [0.05, 0.1) is 12.8 Å². The second-order valence-corrected chi connectivity index (χ2v) is 4.23. The third-order valence-electron chi connectivity index (χ3n) is 2.85. The lowest BCUT2D eigenvalue weighted by Gasteiger charge is -2.09. The number of anilines is 1. The molecule has 5 nitrogen and oxygen atoms in total. The zero-order chi connectivity index (χ0) is 13.8. The van der Waals surface area contributed by atoms with Crippen LogP contribution in [-0.2, 0) is 6.54 Å². The van der Waals surface area contributed by atoms with Crippen LogP contribution in [0.4, 0.5) is 5.82 Å². The van der Waals surface area contributed by atoms with E-state index in [-0.39, 0.29) is 5.75 Å². The Labute approximate surface area is 115 Å². The van der Waals surface area contributed by atoms with Gasteiger partial charge in [0.2, 0.25) is 0 Å². The molecule has 0 aliphatic heterocycles. The van der Waals surface area contributed by atoms with E-state index in [0.717, 1.165) is 17.0 Å². The first-order valence-electron chi connectivity index (χ1n) is 6.19. The van der Waals surface area contributed by atoms with Crippen LogP contribution in [0.5, 0.6) is 5.75 Å². The van der Waals surface area contributed by atoms with E-state index in [1.807, 2.05) is 12.1 Å². The maximum absolute atomic E-state index is 9.34. The van der Waals surface area contributed by atoms with E-state index in [4.69, 9.17) is 4.42 Å². The molecule has 2 aromatic heterocycles. The summed E-state index contributed by atoms with van der Waals surface area (Å²) in [4.78, 5) is 8.64. The quantitative estimate of drug-likeness (QED) is 0.760.